The monoisotopic (exact) mass is 382 g/mol. The normalized spacial score (nSPS) is 17.2. The minimum atomic E-state index is 0.254. The molecular weight excluding hydrogens is 352 g/mol. The molecule has 2 aliphatic carbocycles. The minimum absolute atomic E-state index is 0.254. The van der Waals surface area contributed by atoms with Gasteiger partial charge in [-0.3, -0.25) is 0 Å². The highest BCUT2D eigenvalue weighted by molar-refractivity contribution is 7.22. The second-order valence-corrected chi connectivity index (χ2v) is 9.96. The van der Waals surface area contributed by atoms with E-state index in [0.29, 0.717) is 5.92 Å². The zero-order valence-electron chi connectivity index (χ0n) is 16.3. The van der Waals surface area contributed by atoms with E-state index in [1.165, 1.54) is 49.8 Å². The summed E-state index contributed by atoms with van der Waals surface area (Å²) in [7, 11) is 0. The largest absolute Gasteiger partial charge is 0.139 e. The van der Waals surface area contributed by atoms with Crippen LogP contribution < -0.4 is 0 Å². The molecular formula is C24H30S2. The van der Waals surface area contributed by atoms with Crippen LogP contribution in [0.5, 0.6) is 0 Å². The highest BCUT2D eigenvalue weighted by atomic mass is 32.1. The first-order chi connectivity index (χ1) is 12.7. The molecule has 0 aliphatic heterocycles. The molecule has 2 aromatic heterocycles. The van der Waals surface area contributed by atoms with Gasteiger partial charge in [0.15, 0.2) is 0 Å². The molecule has 2 aliphatic rings. The molecule has 0 unspecified atom stereocenters. The lowest BCUT2D eigenvalue weighted by Crippen LogP contribution is -2.22. The average molecular weight is 383 g/mol. The van der Waals surface area contributed by atoms with Crippen molar-refractivity contribution in [3.63, 3.8) is 0 Å². The van der Waals surface area contributed by atoms with Crippen molar-refractivity contribution in [3.05, 3.63) is 57.3 Å². The van der Waals surface area contributed by atoms with Crippen molar-refractivity contribution >= 4 is 22.7 Å². The molecule has 0 N–H and O–H groups in total. The molecule has 0 aromatic carbocycles. The fraction of sp³-hybridized carbons (Fsp3) is 0.500. The molecule has 0 saturated heterocycles. The van der Waals surface area contributed by atoms with Gasteiger partial charge in [-0.2, -0.15) is 0 Å². The van der Waals surface area contributed by atoms with Crippen molar-refractivity contribution in [2.24, 2.45) is 0 Å². The van der Waals surface area contributed by atoms with Crippen LogP contribution in [0.4, 0.5) is 0 Å². The van der Waals surface area contributed by atoms with E-state index in [-0.39, 0.29) is 5.41 Å². The number of allylic oxidation sites excluding steroid dienone is 4. The molecule has 2 heteroatoms. The third-order valence-electron chi connectivity index (χ3n) is 6.33. The number of hydrogen-bond acceptors (Lipinski definition) is 2. The van der Waals surface area contributed by atoms with Crippen LogP contribution in [0.2, 0.25) is 0 Å². The fourth-order valence-electron chi connectivity index (χ4n) is 4.69. The third-order valence-corrected chi connectivity index (χ3v) is 8.93. The summed E-state index contributed by atoms with van der Waals surface area (Å²) in [6.45, 7) is 7.06. The number of aryl methyl sites for hydroxylation is 1. The Morgan fingerprint density at radius 3 is 2.23 bits per heavy atom. The maximum atomic E-state index is 2.57. The van der Waals surface area contributed by atoms with E-state index in [2.05, 4.69) is 68.5 Å². The molecule has 138 valence electrons. The van der Waals surface area contributed by atoms with Crippen LogP contribution in [0.25, 0.3) is 9.75 Å². The van der Waals surface area contributed by atoms with Crippen LogP contribution in [0.3, 0.4) is 0 Å². The quantitative estimate of drug-likeness (QED) is 0.403. The van der Waals surface area contributed by atoms with Crippen LogP contribution in [-0.2, 0) is 11.8 Å². The topological polar surface area (TPSA) is 0 Å². The molecule has 0 fully saturated rings. The molecule has 0 nitrogen and oxygen atoms in total. The van der Waals surface area contributed by atoms with Gasteiger partial charge in [-0.1, -0.05) is 64.3 Å². The SMILES string of the molecule is CCCCCCc1cc2c(s1)-c1sc(C3C=CC=C3)cc1C2(CC)CC. The average Bonchev–Trinajstić information content (AvgIpc) is 3.40. The predicted molar refractivity (Wildman–Crippen MR) is 118 cm³/mol. The van der Waals surface area contributed by atoms with E-state index in [1.54, 1.807) is 25.8 Å². The molecule has 0 amide bonds. The number of fused-ring (bicyclic) bond motifs is 3. The Bertz CT molecular complexity index is 815. The van der Waals surface area contributed by atoms with Gasteiger partial charge in [-0.15, -0.1) is 22.7 Å². The Morgan fingerprint density at radius 2 is 1.54 bits per heavy atom. The lowest BCUT2D eigenvalue weighted by molar-refractivity contribution is 0.491. The third kappa shape index (κ3) is 2.86. The zero-order valence-corrected chi connectivity index (χ0v) is 17.9. The summed E-state index contributed by atoms with van der Waals surface area (Å²) in [5, 5.41) is 0. The Morgan fingerprint density at radius 1 is 0.846 bits per heavy atom. The maximum Gasteiger partial charge on any atom is 0.0490 e. The molecule has 2 heterocycles. The minimum Gasteiger partial charge on any atom is -0.139 e. The molecule has 26 heavy (non-hydrogen) atoms. The van der Waals surface area contributed by atoms with Gasteiger partial charge in [0.1, 0.15) is 0 Å². The lowest BCUT2D eigenvalue weighted by atomic mass is 9.74. The molecule has 0 bridgehead atoms. The summed E-state index contributed by atoms with van der Waals surface area (Å²) in [5.74, 6) is 0.494. The highest BCUT2D eigenvalue weighted by Crippen LogP contribution is 2.59. The van der Waals surface area contributed by atoms with E-state index in [9.17, 15) is 0 Å². The zero-order chi connectivity index (χ0) is 18.1. The summed E-state index contributed by atoms with van der Waals surface area (Å²) >= 11 is 4.13. The highest BCUT2D eigenvalue weighted by Gasteiger charge is 2.43. The van der Waals surface area contributed by atoms with Gasteiger partial charge in [0.2, 0.25) is 0 Å². The van der Waals surface area contributed by atoms with Crippen molar-refractivity contribution in [3.8, 4) is 9.75 Å². The van der Waals surface area contributed by atoms with Crippen molar-refractivity contribution in [1.82, 2.24) is 0 Å². The van der Waals surface area contributed by atoms with E-state index >= 15 is 0 Å². The summed E-state index contributed by atoms with van der Waals surface area (Å²) in [6, 6.07) is 5.10. The molecule has 4 rings (SSSR count). The van der Waals surface area contributed by atoms with Gasteiger partial charge in [0, 0.05) is 30.8 Å². The first-order valence-corrected chi connectivity index (χ1v) is 12.0. The van der Waals surface area contributed by atoms with Crippen molar-refractivity contribution < 1.29 is 0 Å². The Kier molecular flexibility index (Phi) is 5.25. The molecule has 0 spiro atoms. The lowest BCUT2D eigenvalue weighted by Gasteiger charge is -2.28. The predicted octanol–water partition coefficient (Wildman–Crippen LogP) is 8.23. The van der Waals surface area contributed by atoms with Crippen LogP contribution in [-0.4, -0.2) is 0 Å². The van der Waals surface area contributed by atoms with Gasteiger partial charge >= 0.3 is 0 Å². The maximum absolute atomic E-state index is 2.57. The Labute approximate surface area is 166 Å². The smallest absolute Gasteiger partial charge is 0.0490 e. The van der Waals surface area contributed by atoms with Crippen LogP contribution in [0.15, 0.2) is 36.4 Å². The van der Waals surface area contributed by atoms with Crippen LogP contribution >= 0.6 is 22.7 Å². The fourth-order valence-corrected chi connectivity index (χ4v) is 7.47. The van der Waals surface area contributed by atoms with Crippen LogP contribution in [0, 0.1) is 0 Å². The Balaban J connectivity index is 1.69. The number of thiophene rings is 2. The summed E-state index contributed by atoms with van der Waals surface area (Å²) < 4.78 is 0. The number of rotatable bonds is 8. The van der Waals surface area contributed by atoms with Crippen molar-refractivity contribution in [1.29, 1.82) is 0 Å². The van der Waals surface area contributed by atoms with Gasteiger partial charge in [-0.25, -0.2) is 0 Å². The van der Waals surface area contributed by atoms with Gasteiger partial charge in [0.05, 0.1) is 0 Å². The summed E-state index contributed by atoms with van der Waals surface area (Å²) in [4.78, 5) is 6.31. The molecule has 0 saturated carbocycles. The van der Waals surface area contributed by atoms with E-state index < -0.39 is 0 Å². The van der Waals surface area contributed by atoms with E-state index in [4.69, 9.17) is 0 Å². The summed E-state index contributed by atoms with van der Waals surface area (Å²) in [5.41, 5.74) is 3.52. The standard InChI is InChI=1S/C24H30S2/c1-4-7-8-9-14-18-15-19-22(25-18)23-20(24(19,5-2)6-3)16-21(26-23)17-12-10-11-13-17/h10-13,15-17H,4-9,14H2,1-3H3. The molecule has 0 radical (unpaired) electrons. The van der Waals surface area contributed by atoms with E-state index in [1.807, 2.05) is 11.3 Å². The van der Waals surface area contributed by atoms with Gasteiger partial charge in [-0.05, 0) is 48.9 Å². The van der Waals surface area contributed by atoms with Crippen LogP contribution in [0.1, 0.15) is 86.1 Å². The van der Waals surface area contributed by atoms with Crippen molar-refractivity contribution in [2.45, 2.75) is 77.0 Å². The molecule has 2 aromatic rings. The first-order valence-electron chi connectivity index (χ1n) is 10.4. The second-order valence-electron chi connectivity index (χ2n) is 7.74. The van der Waals surface area contributed by atoms with E-state index in [0.717, 1.165) is 0 Å². The summed E-state index contributed by atoms with van der Waals surface area (Å²) in [6.07, 6.45) is 18.1. The second kappa shape index (κ2) is 7.48. The number of unbranched alkanes of at least 4 members (excludes halogenated alkanes) is 3. The van der Waals surface area contributed by atoms with Gasteiger partial charge in [0.25, 0.3) is 0 Å². The molecule has 0 atom stereocenters. The Hall–Kier alpha value is -1.12. The number of hydrogen-bond donors (Lipinski definition) is 0. The first kappa shape index (κ1) is 18.3. The van der Waals surface area contributed by atoms with Crippen molar-refractivity contribution in [2.75, 3.05) is 0 Å². The van der Waals surface area contributed by atoms with Gasteiger partial charge < -0.3 is 0 Å².